The van der Waals surface area contributed by atoms with Crippen molar-refractivity contribution in [3.8, 4) is 11.5 Å². The molecule has 6 heteroatoms. The third-order valence-corrected chi connectivity index (χ3v) is 2.74. The van der Waals surface area contributed by atoms with Crippen molar-refractivity contribution in [3.05, 3.63) is 58.6 Å². The van der Waals surface area contributed by atoms with Gasteiger partial charge in [0.25, 0.3) is 5.91 Å². The maximum Gasteiger partial charge on any atom is 0.271 e. The number of rotatable bonds is 3. The molecular weight excluding hydrogens is 280 g/mol. The number of amides is 1. The van der Waals surface area contributed by atoms with Gasteiger partial charge < -0.3 is 10.2 Å². The molecule has 0 spiro atoms. The van der Waals surface area contributed by atoms with E-state index in [4.69, 9.17) is 16.7 Å². The van der Waals surface area contributed by atoms with Gasteiger partial charge in [-0.25, -0.2) is 5.43 Å². The minimum atomic E-state index is -0.392. The van der Waals surface area contributed by atoms with Crippen molar-refractivity contribution < 1.29 is 15.0 Å². The molecule has 0 saturated carbocycles. The average molecular weight is 291 g/mol. The minimum Gasteiger partial charge on any atom is -0.508 e. The van der Waals surface area contributed by atoms with Gasteiger partial charge in [0.15, 0.2) is 0 Å². The highest BCUT2D eigenvalue weighted by molar-refractivity contribution is 6.30. The summed E-state index contributed by atoms with van der Waals surface area (Å²) in [5, 5.41) is 22.9. The molecule has 0 heterocycles. The first-order valence-electron chi connectivity index (χ1n) is 5.67. The van der Waals surface area contributed by atoms with Crippen molar-refractivity contribution in [2.75, 3.05) is 0 Å². The van der Waals surface area contributed by atoms with Crippen LogP contribution in [0.5, 0.6) is 11.5 Å². The van der Waals surface area contributed by atoms with Crippen LogP contribution in [0.1, 0.15) is 15.9 Å². The lowest BCUT2D eigenvalue weighted by Crippen LogP contribution is -2.17. The normalized spacial score (nSPS) is 10.7. The largest absolute Gasteiger partial charge is 0.508 e. The Bertz CT molecular complexity index is 654. The number of carbonyl (C=O) groups is 1. The van der Waals surface area contributed by atoms with E-state index in [1.54, 1.807) is 24.3 Å². The van der Waals surface area contributed by atoms with E-state index in [1.165, 1.54) is 24.4 Å². The SMILES string of the molecule is O=C(N/N=C\c1ccc(O)cc1O)c1ccc(Cl)cc1. The van der Waals surface area contributed by atoms with Gasteiger partial charge in [0.05, 0.1) is 6.21 Å². The van der Waals surface area contributed by atoms with E-state index in [2.05, 4.69) is 10.5 Å². The highest BCUT2D eigenvalue weighted by Gasteiger charge is 2.03. The Balaban J connectivity index is 2.02. The highest BCUT2D eigenvalue weighted by atomic mass is 35.5. The summed E-state index contributed by atoms with van der Waals surface area (Å²) in [4.78, 5) is 11.7. The van der Waals surface area contributed by atoms with Crippen molar-refractivity contribution in [2.24, 2.45) is 5.10 Å². The van der Waals surface area contributed by atoms with Crippen LogP contribution < -0.4 is 5.43 Å². The van der Waals surface area contributed by atoms with Gasteiger partial charge in [-0.2, -0.15) is 5.10 Å². The topological polar surface area (TPSA) is 81.9 Å². The molecule has 0 aromatic heterocycles. The molecule has 0 bridgehead atoms. The fourth-order valence-corrected chi connectivity index (χ4v) is 1.59. The van der Waals surface area contributed by atoms with Gasteiger partial charge in [-0.15, -0.1) is 0 Å². The van der Waals surface area contributed by atoms with Crippen molar-refractivity contribution in [3.63, 3.8) is 0 Å². The second-order valence-corrected chi connectivity index (χ2v) is 4.39. The summed E-state index contributed by atoms with van der Waals surface area (Å²) in [7, 11) is 0. The van der Waals surface area contributed by atoms with Crippen molar-refractivity contribution >= 4 is 23.7 Å². The minimum absolute atomic E-state index is 0.0511. The molecule has 0 aliphatic rings. The molecule has 5 nitrogen and oxygen atoms in total. The molecule has 0 atom stereocenters. The first kappa shape index (κ1) is 13.9. The van der Waals surface area contributed by atoms with Crippen LogP contribution in [-0.2, 0) is 0 Å². The number of benzene rings is 2. The lowest BCUT2D eigenvalue weighted by molar-refractivity contribution is 0.0955. The summed E-state index contributed by atoms with van der Waals surface area (Å²) in [6, 6.07) is 10.4. The predicted octanol–water partition coefficient (Wildman–Crippen LogP) is 2.52. The molecule has 0 radical (unpaired) electrons. The van der Waals surface area contributed by atoms with Crippen LogP contribution in [0.3, 0.4) is 0 Å². The van der Waals surface area contributed by atoms with Gasteiger partial charge >= 0.3 is 0 Å². The van der Waals surface area contributed by atoms with Gasteiger partial charge in [-0.05, 0) is 36.4 Å². The van der Waals surface area contributed by atoms with E-state index in [0.717, 1.165) is 0 Å². The van der Waals surface area contributed by atoms with Crippen LogP contribution in [0.4, 0.5) is 0 Å². The lowest BCUT2D eigenvalue weighted by atomic mass is 10.2. The number of carbonyl (C=O) groups excluding carboxylic acids is 1. The number of phenolic OH excluding ortho intramolecular Hbond substituents is 2. The molecular formula is C14H11ClN2O3. The second kappa shape index (κ2) is 6.08. The van der Waals surface area contributed by atoms with Gasteiger partial charge in [-0.1, -0.05) is 11.6 Å². The van der Waals surface area contributed by atoms with E-state index in [9.17, 15) is 9.90 Å². The van der Waals surface area contributed by atoms with Crippen LogP contribution in [0.2, 0.25) is 5.02 Å². The number of phenols is 2. The molecule has 0 saturated heterocycles. The third kappa shape index (κ3) is 3.49. The predicted molar refractivity (Wildman–Crippen MR) is 76.3 cm³/mol. The summed E-state index contributed by atoms with van der Waals surface area (Å²) >= 11 is 5.72. The average Bonchev–Trinajstić information content (AvgIpc) is 2.42. The summed E-state index contributed by atoms with van der Waals surface area (Å²) in [5.74, 6) is -0.574. The van der Waals surface area contributed by atoms with Crippen molar-refractivity contribution in [2.45, 2.75) is 0 Å². The molecule has 0 unspecified atom stereocenters. The van der Waals surface area contributed by atoms with E-state index in [-0.39, 0.29) is 11.5 Å². The lowest BCUT2D eigenvalue weighted by Gasteiger charge is -2.01. The summed E-state index contributed by atoms with van der Waals surface area (Å²) in [6.45, 7) is 0. The standard InChI is InChI=1S/C14H11ClN2O3/c15-11-4-1-9(2-5-11)14(20)17-16-8-10-3-6-12(18)7-13(10)19/h1-8,18-19H,(H,17,20)/b16-8-. The number of hydrogen-bond donors (Lipinski definition) is 3. The molecule has 20 heavy (non-hydrogen) atoms. The van der Waals surface area contributed by atoms with Gasteiger partial charge in [-0.3, -0.25) is 4.79 Å². The number of nitrogens with one attached hydrogen (secondary N) is 1. The summed E-state index contributed by atoms with van der Waals surface area (Å²) in [5.41, 5.74) is 3.11. The molecule has 2 rings (SSSR count). The first-order chi connectivity index (χ1) is 9.56. The molecule has 102 valence electrons. The number of hydrogen-bond acceptors (Lipinski definition) is 4. The van der Waals surface area contributed by atoms with Crippen LogP contribution in [-0.4, -0.2) is 22.3 Å². The van der Waals surface area contributed by atoms with Crippen LogP contribution in [0.15, 0.2) is 47.6 Å². The van der Waals surface area contributed by atoms with E-state index >= 15 is 0 Å². The summed E-state index contributed by atoms with van der Waals surface area (Å²) < 4.78 is 0. The maximum absolute atomic E-state index is 11.7. The number of aromatic hydroxyl groups is 2. The summed E-state index contributed by atoms with van der Waals surface area (Å²) in [6.07, 6.45) is 1.28. The zero-order valence-electron chi connectivity index (χ0n) is 10.2. The molecule has 2 aromatic carbocycles. The van der Waals surface area contributed by atoms with Gasteiger partial charge in [0.1, 0.15) is 11.5 Å². The highest BCUT2D eigenvalue weighted by Crippen LogP contribution is 2.20. The van der Waals surface area contributed by atoms with E-state index < -0.39 is 5.91 Å². The van der Waals surface area contributed by atoms with Crippen molar-refractivity contribution in [1.29, 1.82) is 0 Å². The molecule has 0 aliphatic carbocycles. The fraction of sp³-hybridized carbons (Fsp3) is 0. The Morgan fingerprint density at radius 1 is 1.15 bits per heavy atom. The number of hydrazone groups is 1. The zero-order valence-corrected chi connectivity index (χ0v) is 11.0. The van der Waals surface area contributed by atoms with Crippen molar-refractivity contribution in [1.82, 2.24) is 5.43 Å². The van der Waals surface area contributed by atoms with Crippen LogP contribution >= 0.6 is 11.6 Å². The number of nitrogens with zero attached hydrogens (tertiary/aromatic N) is 1. The Morgan fingerprint density at radius 3 is 2.50 bits per heavy atom. The molecule has 0 aliphatic heterocycles. The van der Waals surface area contributed by atoms with E-state index in [0.29, 0.717) is 16.1 Å². The van der Waals surface area contributed by atoms with Gasteiger partial charge in [0, 0.05) is 22.2 Å². The molecule has 3 N–H and O–H groups in total. The Kier molecular flexibility index (Phi) is 4.22. The smallest absolute Gasteiger partial charge is 0.271 e. The Labute approximate surface area is 120 Å². The van der Waals surface area contributed by atoms with E-state index in [1.807, 2.05) is 0 Å². The third-order valence-electron chi connectivity index (χ3n) is 2.49. The Morgan fingerprint density at radius 2 is 1.85 bits per heavy atom. The second-order valence-electron chi connectivity index (χ2n) is 3.95. The quantitative estimate of drug-likeness (QED) is 0.600. The molecule has 2 aromatic rings. The number of halogens is 1. The van der Waals surface area contributed by atoms with Crippen LogP contribution in [0, 0.1) is 0 Å². The fourth-order valence-electron chi connectivity index (χ4n) is 1.47. The first-order valence-corrected chi connectivity index (χ1v) is 6.05. The van der Waals surface area contributed by atoms with Gasteiger partial charge in [0.2, 0.25) is 0 Å². The van der Waals surface area contributed by atoms with Crippen LogP contribution in [0.25, 0.3) is 0 Å². The zero-order chi connectivity index (χ0) is 14.5. The maximum atomic E-state index is 11.7. The molecule has 0 fully saturated rings. The molecule has 1 amide bonds. The monoisotopic (exact) mass is 290 g/mol. The Hall–Kier alpha value is -2.53.